The Hall–Kier alpha value is -1.05. The summed E-state index contributed by atoms with van der Waals surface area (Å²) < 4.78 is 13.1. The van der Waals surface area contributed by atoms with Gasteiger partial charge in [-0.1, -0.05) is 32.8 Å². The van der Waals surface area contributed by atoms with Gasteiger partial charge in [0.1, 0.15) is 5.82 Å². The topological polar surface area (TPSA) is 12.0 Å². The smallest absolute Gasteiger partial charge is 0.125 e. The van der Waals surface area contributed by atoms with Gasteiger partial charge in [0.25, 0.3) is 0 Å². The number of hydrogen-bond acceptors (Lipinski definition) is 1. The van der Waals surface area contributed by atoms with Gasteiger partial charge in [-0.05, 0) is 49.3 Å². The lowest BCUT2D eigenvalue weighted by Gasteiger charge is -2.31. The van der Waals surface area contributed by atoms with Crippen LogP contribution >= 0.6 is 0 Å². The number of rotatable bonds is 4. The Morgan fingerprint density at radius 3 is 2.89 bits per heavy atom. The van der Waals surface area contributed by atoms with Crippen molar-refractivity contribution < 1.29 is 4.39 Å². The van der Waals surface area contributed by atoms with Crippen LogP contribution in [0.15, 0.2) is 24.3 Å². The van der Waals surface area contributed by atoms with Crippen molar-refractivity contribution in [2.75, 3.05) is 5.32 Å². The number of hydrogen-bond donors (Lipinski definition) is 1. The third-order valence-electron chi connectivity index (χ3n) is 3.78. The Labute approximate surface area is 110 Å². The molecular weight excluding hydrogens is 225 g/mol. The molecule has 100 valence electrons. The number of anilines is 1. The summed E-state index contributed by atoms with van der Waals surface area (Å²) in [5, 5.41) is 3.48. The monoisotopic (exact) mass is 249 g/mol. The van der Waals surface area contributed by atoms with Gasteiger partial charge in [-0.15, -0.1) is 0 Å². The molecule has 18 heavy (non-hydrogen) atoms. The molecular formula is C16H24FN. The molecule has 2 unspecified atom stereocenters. The van der Waals surface area contributed by atoms with Gasteiger partial charge in [-0.25, -0.2) is 4.39 Å². The zero-order valence-electron chi connectivity index (χ0n) is 11.5. The zero-order valence-corrected chi connectivity index (χ0v) is 11.5. The first kappa shape index (κ1) is 13.4. The van der Waals surface area contributed by atoms with E-state index in [1.54, 1.807) is 12.1 Å². The van der Waals surface area contributed by atoms with Gasteiger partial charge < -0.3 is 5.32 Å². The largest absolute Gasteiger partial charge is 0.382 e. The van der Waals surface area contributed by atoms with Gasteiger partial charge in [0.15, 0.2) is 0 Å². The fourth-order valence-electron chi connectivity index (χ4n) is 3.12. The quantitative estimate of drug-likeness (QED) is 0.805. The molecule has 1 N–H and O–H groups in total. The third-order valence-corrected chi connectivity index (χ3v) is 3.78. The number of nitrogens with one attached hydrogen (secondary N) is 1. The van der Waals surface area contributed by atoms with Gasteiger partial charge >= 0.3 is 0 Å². The summed E-state index contributed by atoms with van der Waals surface area (Å²) in [4.78, 5) is 0. The minimum absolute atomic E-state index is 0.158. The fourth-order valence-corrected chi connectivity index (χ4v) is 3.12. The molecule has 1 aromatic carbocycles. The summed E-state index contributed by atoms with van der Waals surface area (Å²) in [6, 6.07) is 7.32. The Balaban J connectivity index is 1.89. The van der Waals surface area contributed by atoms with Crippen LogP contribution in [0.25, 0.3) is 0 Å². The molecule has 0 radical (unpaired) electrons. The van der Waals surface area contributed by atoms with Crippen molar-refractivity contribution in [2.24, 2.45) is 11.8 Å². The van der Waals surface area contributed by atoms with Crippen molar-refractivity contribution in [1.29, 1.82) is 0 Å². The maximum atomic E-state index is 13.1. The first-order valence-electron chi connectivity index (χ1n) is 7.15. The van der Waals surface area contributed by atoms with Crippen LogP contribution < -0.4 is 5.32 Å². The van der Waals surface area contributed by atoms with Crippen LogP contribution in [0.5, 0.6) is 0 Å². The molecule has 0 aromatic heterocycles. The van der Waals surface area contributed by atoms with Gasteiger partial charge in [0.05, 0.1) is 0 Å². The minimum Gasteiger partial charge on any atom is -0.382 e. The van der Waals surface area contributed by atoms with E-state index in [2.05, 4.69) is 19.2 Å². The molecule has 0 spiro atoms. The summed E-state index contributed by atoms with van der Waals surface area (Å²) in [6.45, 7) is 4.59. The lowest BCUT2D eigenvalue weighted by Crippen LogP contribution is -2.27. The lowest BCUT2D eigenvalue weighted by atomic mass is 9.81. The van der Waals surface area contributed by atoms with Gasteiger partial charge in [0.2, 0.25) is 0 Å². The van der Waals surface area contributed by atoms with Crippen molar-refractivity contribution in [3.63, 3.8) is 0 Å². The SMILES string of the molecule is CC(C)CC1CCCC(Nc2cccc(F)c2)C1. The van der Waals surface area contributed by atoms with E-state index in [1.807, 2.05) is 6.07 Å². The molecule has 2 atom stereocenters. The number of halogens is 1. The van der Waals surface area contributed by atoms with E-state index in [4.69, 9.17) is 0 Å². The molecule has 1 nitrogen and oxygen atoms in total. The predicted molar refractivity (Wildman–Crippen MR) is 75.2 cm³/mol. The third kappa shape index (κ3) is 4.01. The maximum Gasteiger partial charge on any atom is 0.125 e. The molecule has 2 rings (SSSR count). The van der Waals surface area contributed by atoms with Crippen molar-refractivity contribution in [1.82, 2.24) is 0 Å². The molecule has 1 aliphatic carbocycles. The van der Waals surface area contributed by atoms with Crippen LogP contribution in [0.1, 0.15) is 46.0 Å². The van der Waals surface area contributed by atoms with E-state index in [0.717, 1.165) is 17.5 Å². The summed E-state index contributed by atoms with van der Waals surface area (Å²) in [7, 11) is 0. The van der Waals surface area contributed by atoms with E-state index in [9.17, 15) is 4.39 Å². The molecule has 1 aromatic rings. The maximum absolute atomic E-state index is 13.1. The highest BCUT2D eigenvalue weighted by atomic mass is 19.1. The minimum atomic E-state index is -0.158. The van der Waals surface area contributed by atoms with E-state index in [1.165, 1.54) is 38.2 Å². The highest BCUT2D eigenvalue weighted by Gasteiger charge is 2.22. The Bertz CT molecular complexity index is 375. The standard InChI is InChI=1S/C16H24FN/c1-12(2)9-13-5-3-7-15(10-13)18-16-8-4-6-14(17)11-16/h4,6,8,11-13,15,18H,3,5,7,9-10H2,1-2H3. The van der Waals surface area contributed by atoms with E-state index >= 15 is 0 Å². The van der Waals surface area contributed by atoms with Crippen LogP contribution in [0.4, 0.5) is 10.1 Å². The first-order chi connectivity index (χ1) is 8.63. The number of benzene rings is 1. The van der Waals surface area contributed by atoms with Crippen LogP contribution in [0.2, 0.25) is 0 Å². The van der Waals surface area contributed by atoms with Crippen molar-refractivity contribution in [2.45, 2.75) is 52.0 Å². The van der Waals surface area contributed by atoms with Gasteiger partial charge in [-0.3, -0.25) is 0 Å². The first-order valence-corrected chi connectivity index (χ1v) is 7.15. The Morgan fingerprint density at radius 1 is 1.33 bits per heavy atom. The van der Waals surface area contributed by atoms with E-state index < -0.39 is 0 Å². The van der Waals surface area contributed by atoms with Crippen molar-refractivity contribution in [3.05, 3.63) is 30.1 Å². The molecule has 0 bridgehead atoms. The Morgan fingerprint density at radius 2 is 2.17 bits per heavy atom. The lowest BCUT2D eigenvalue weighted by molar-refractivity contribution is 0.289. The summed E-state index contributed by atoms with van der Waals surface area (Å²) >= 11 is 0. The molecule has 1 saturated carbocycles. The normalized spacial score (nSPS) is 24.2. The van der Waals surface area contributed by atoms with Gasteiger partial charge in [0, 0.05) is 11.7 Å². The van der Waals surface area contributed by atoms with E-state index in [-0.39, 0.29) is 5.82 Å². The highest BCUT2D eigenvalue weighted by Crippen LogP contribution is 2.31. The molecule has 1 aliphatic rings. The molecule has 0 amide bonds. The second-order valence-electron chi connectivity index (χ2n) is 6.01. The average Bonchev–Trinajstić information content (AvgIpc) is 2.28. The van der Waals surface area contributed by atoms with Crippen LogP contribution in [0, 0.1) is 17.7 Å². The highest BCUT2D eigenvalue weighted by molar-refractivity contribution is 5.44. The molecule has 2 heteroatoms. The fraction of sp³-hybridized carbons (Fsp3) is 0.625. The second-order valence-corrected chi connectivity index (χ2v) is 6.01. The summed E-state index contributed by atoms with van der Waals surface area (Å²) in [6.07, 6.45) is 6.42. The summed E-state index contributed by atoms with van der Waals surface area (Å²) in [5.41, 5.74) is 0.921. The van der Waals surface area contributed by atoms with Crippen LogP contribution in [-0.4, -0.2) is 6.04 Å². The Kier molecular flexibility index (Phi) is 4.62. The van der Waals surface area contributed by atoms with Crippen molar-refractivity contribution in [3.8, 4) is 0 Å². The molecule has 0 heterocycles. The van der Waals surface area contributed by atoms with Gasteiger partial charge in [-0.2, -0.15) is 0 Å². The van der Waals surface area contributed by atoms with Crippen LogP contribution in [-0.2, 0) is 0 Å². The predicted octanol–water partition coefficient (Wildman–Crippen LogP) is 4.84. The van der Waals surface area contributed by atoms with E-state index in [0.29, 0.717) is 6.04 Å². The molecule has 1 fully saturated rings. The zero-order chi connectivity index (χ0) is 13.0. The van der Waals surface area contributed by atoms with Crippen LogP contribution in [0.3, 0.4) is 0 Å². The molecule has 0 saturated heterocycles. The second kappa shape index (κ2) is 6.21. The average molecular weight is 249 g/mol. The summed E-state index contributed by atoms with van der Waals surface area (Å²) in [5.74, 6) is 1.46. The van der Waals surface area contributed by atoms with Crippen molar-refractivity contribution >= 4 is 5.69 Å². The molecule has 0 aliphatic heterocycles.